The standard InChI is InChI=1S/C13H9F3INO/c1-8-5-6-18(12(19)11(8)17)10-4-2-3-9(7-10)13(14,15)16/h2-7H,1H3. The number of hydrogen-bond donors (Lipinski definition) is 0. The highest BCUT2D eigenvalue weighted by Gasteiger charge is 2.30. The maximum Gasteiger partial charge on any atom is 0.416 e. The lowest BCUT2D eigenvalue weighted by Gasteiger charge is -2.11. The molecule has 0 unspecified atom stereocenters. The Bertz CT molecular complexity index is 676. The van der Waals surface area contributed by atoms with Gasteiger partial charge in [-0.1, -0.05) is 6.07 Å². The van der Waals surface area contributed by atoms with Crippen LogP contribution in [-0.2, 0) is 6.18 Å². The van der Waals surface area contributed by atoms with E-state index in [1.54, 1.807) is 13.0 Å². The van der Waals surface area contributed by atoms with E-state index >= 15 is 0 Å². The van der Waals surface area contributed by atoms with Crippen LogP contribution in [0.4, 0.5) is 13.2 Å². The number of rotatable bonds is 1. The number of aryl methyl sites for hydroxylation is 1. The molecule has 0 saturated heterocycles. The molecule has 0 spiro atoms. The van der Waals surface area contributed by atoms with Crippen molar-refractivity contribution in [3.63, 3.8) is 0 Å². The average Bonchev–Trinajstić information content (AvgIpc) is 2.35. The molecule has 0 radical (unpaired) electrons. The monoisotopic (exact) mass is 379 g/mol. The molecule has 0 aliphatic rings. The van der Waals surface area contributed by atoms with Gasteiger partial charge >= 0.3 is 6.18 Å². The number of alkyl halides is 3. The Morgan fingerprint density at radius 2 is 1.89 bits per heavy atom. The van der Waals surface area contributed by atoms with E-state index < -0.39 is 11.7 Å². The van der Waals surface area contributed by atoms with Crippen molar-refractivity contribution in [1.82, 2.24) is 4.57 Å². The fourth-order valence-corrected chi connectivity index (χ4v) is 2.08. The highest BCUT2D eigenvalue weighted by atomic mass is 127. The lowest BCUT2D eigenvalue weighted by atomic mass is 10.2. The summed E-state index contributed by atoms with van der Waals surface area (Å²) in [5.41, 5.74) is -0.0843. The summed E-state index contributed by atoms with van der Waals surface area (Å²) in [5, 5.41) is 0. The normalized spacial score (nSPS) is 11.6. The molecular formula is C13H9F3INO. The Morgan fingerprint density at radius 3 is 2.53 bits per heavy atom. The van der Waals surface area contributed by atoms with Gasteiger partial charge < -0.3 is 0 Å². The van der Waals surface area contributed by atoms with Crippen molar-refractivity contribution < 1.29 is 13.2 Å². The van der Waals surface area contributed by atoms with E-state index in [1.807, 2.05) is 22.6 Å². The Labute approximate surface area is 121 Å². The summed E-state index contributed by atoms with van der Waals surface area (Å²) >= 11 is 1.89. The number of nitrogens with zero attached hydrogens (tertiary/aromatic N) is 1. The van der Waals surface area contributed by atoms with Gasteiger partial charge in [0.2, 0.25) is 0 Å². The predicted octanol–water partition coefficient (Wildman–Crippen LogP) is 3.77. The molecule has 0 N–H and O–H groups in total. The Morgan fingerprint density at radius 1 is 1.21 bits per heavy atom. The van der Waals surface area contributed by atoms with Gasteiger partial charge in [0.25, 0.3) is 5.56 Å². The van der Waals surface area contributed by atoms with Gasteiger partial charge in [-0.05, 0) is 59.3 Å². The average molecular weight is 379 g/mol. The molecule has 1 aromatic carbocycles. The molecule has 0 aliphatic carbocycles. The highest BCUT2D eigenvalue weighted by molar-refractivity contribution is 14.1. The van der Waals surface area contributed by atoms with Gasteiger partial charge in [-0.25, -0.2) is 0 Å². The third-order valence-electron chi connectivity index (χ3n) is 2.68. The molecule has 0 fully saturated rings. The van der Waals surface area contributed by atoms with Crippen LogP contribution >= 0.6 is 22.6 Å². The summed E-state index contributed by atoms with van der Waals surface area (Å²) in [6.07, 6.45) is -2.94. The summed E-state index contributed by atoms with van der Waals surface area (Å²) in [7, 11) is 0. The van der Waals surface area contributed by atoms with E-state index in [0.29, 0.717) is 3.57 Å². The van der Waals surface area contributed by atoms with Gasteiger partial charge in [-0.2, -0.15) is 13.2 Å². The third-order valence-corrected chi connectivity index (χ3v) is 3.99. The first kappa shape index (κ1) is 14.1. The maximum absolute atomic E-state index is 12.6. The van der Waals surface area contributed by atoms with E-state index in [2.05, 4.69) is 0 Å². The van der Waals surface area contributed by atoms with Gasteiger partial charge in [0.1, 0.15) is 0 Å². The van der Waals surface area contributed by atoms with Gasteiger partial charge in [0, 0.05) is 11.9 Å². The zero-order valence-corrected chi connectivity index (χ0v) is 12.0. The fraction of sp³-hybridized carbons (Fsp3) is 0.154. The molecule has 2 rings (SSSR count). The van der Waals surface area contributed by atoms with Crippen LogP contribution in [0.3, 0.4) is 0 Å². The van der Waals surface area contributed by atoms with Crippen molar-refractivity contribution >= 4 is 22.6 Å². The first-order chi connectivity index (χ1) is 8.80. The number of halogens is 4. The third kappa shape index (κ3) is 2.83. The molecule has 0 saturated carbocycles. The minimum Gasteiger partial charge on any atom is -0.283 e. The smallest absolute Gasteiger partial charge is 0.283 e. The summed E-state index contributed by atoms with van der Waals surface area (Å²) in [6.45, 7) is 1.78. The first-order valence-electron chi connectivity index (χ1n) is 5.36. The maximum atomic E-state index is 12.6. The molecule has 0 aliphatic heterocycles. The predicted molar refractivity (Wildman–Crippen MR) is 74.5 cm³/mol. The van der Waals surface area contributed by atoms with Crippen molar-refractivity contribution in [2.24, 2.45) is 0 Å². The van der Waals surface area contributed by atoms with Gasteiger partial charge in [-0.15, -0.1) is 0 Å². The lowest BCUT2D eigenvalue weighted by molar-refractivity contribution is -0.137. The molecule has 0 atom stereocenters. The number of aromatic nitrogens is 1. The zero-order chi connectivity index (χ0) is 14.2. The first-order valence-corrected chi connectivity index (χ1v) is 6.44. The van der Waals surface area contributed by atoms with E-state index in [0.717, 1.165) is 17.7 Å². The van der Waals surface area contributed by atoms with E-state index in [1.165, 1.54) is 22.9 Å². The van der Waals surface area contributed by atoms with Crippen LogP contribution in [0.5, 0.6) is 0 Å². The van der Waals surface area contributed by atoms with Crippen LogP contribution in [0.1, 0.15) is 11.1 Å². The minimum absolute atomic E-state index is 0.206. The molecule has 100 valence electrons. The molecule has 1 aromatic heterocycles. The van der Waals surface area contributed by atoms with Crippen molar-refractivity contribution in [2.75, 3.05) is 0 Å². The van der Waals surface area contributed by atoms with E-state index in [4.69, 9.17) is 0 Å². The number of benzene rings is 1. The van der Waals surface area contributed by atoms with Crippen molar-refractivity contribution in [2.45, 2.75) is 13.1 Å². The number of hydrogen-bond acceptors (Lipinski definition) is 1. The lowest BCUT2D eigenvalue weighted by Crippen LogP contribution is -2.21. The topological polar surface area (TPSA) is 22.0 Å². The SMILES string of the molecule is Cc1ccn(-c2cccc(C(F)(F)F)c2)c(=O)c1I. The van der Waals surface area contributed by atoms with Crippen LogP contribution < -0.4 is 5.56 Å². The van der Waals surface area contributed by atoms with E-state index in [-0.39, 0.29) is 11.2 Å². The molecule has 6 heteroatoms. The highest BCUT2D eigenvalue weighted by Crippen LogP contribution is 2.30. The summed E-state index contributed by atoms with van der Waals surface area (Å²) in [6, 6.07) is 6.41. The molecule has 2 nitrogen and oxygen atoms in total. The second-order valence-electron chi connectivity index (χ2n) is 4.04. The molecule has 0 amide bonds. The summed E-state index contributed by atoms with van der Waals surface area (Å²) in [5.74, 6) is 0. The Kier molecular flexibility index (Phi) is 3.71. The van der Waals surface area contributed by atoms with Crippen molar-refractivity contribution in [3.8, 4) is 5.69 Å². The summed E-state index contributed by atoms with van der Waals surface area (Å²) in [4.78, 5) is 12.0. The van der Waals surface area contributed by atoms with Gasteiger partial charge in [0.05, 0.1) is 9.13 Å². The quantitative estimate of drug-likeness (QED) is 0.692. The minimum atomic E-state index is -4.42. The summed E-state index contributed by atoms with van der Waals surface area (Å²) < 4.78 is 39.6. The van der Waals surface area contributed by atoms with Crippen LogP contribution in [0.25, 0.3) is 5.69 Å². The molecule has 2 aromatic rings. The van der Waals surface area contributed by atoms with Crippen molar-refractivity contribution in [3.05, 3.63) is 61.6 Å². The Hall–Kier alpha value is -1.31. The van der Waals surface area contributed by atoms with Crippen LogP contribution in [0.15, 0.2) is 41.3 Å². The molecule has 0 bridgehead atoms. The van der Waals surface area contributed by atoms with Crippen LogP contribution in [-0.4, -0.2) is 4.57 Å². The zero-order valence-electron chi connectivity index (χ0n) is 9.83. The fourth-order valence-electron chi connectivity index (χ4n) is 1.64. The largest absolute Gasteiger partial charge is 0.416 e. The Balaban J connectivity index is 2.61. The van der Waals surface area contributed by atoms with E-state index in [9.17, 15) is 18.0 Å². The van der Waals surface area contributed by atoms with Gasteiger partial charge in [0.15, 0.2) is 0 Å². The molecule has 1 heterocycles. The second-order valence-corrected chi connectivity index (χ2v) is 5.11. The number of pyridine rings is 1. The van der Waals surface area contributed by atoms with Crippen LogP contribution in [0, 0.1) is 10.5 Å². The van der Waals surface area contributed by atoms with Crippen LogP contribution in [0.2, 0.25) is 0 Å². The molecular weight excluding hydrogens is 370 g/mol. The molecule has 19 heavy (non-hydrogen) atoms. The van der Waals surface area contributed by atoms with Crippen molar-refractivity contribution in [1.29, 1.82) is 0 Å². The van der Waals surface area contributed by atoms with Gasteiger partial charge in [-0.3, -0.25) is 9.36 Å². The second kappa shape index (κ2) is 4.99.